The first kappa shape index (κ1) is 16.6. The molecule has 1 aromatic carbocycles. The van der Waals surface area contributed by atoms with Gasteiger partial charge in [0.25, 0.3) is 0 Å². The van der Waals surface area contributed by atoms with E-state index in [2.05, 4.69) is 63.3 Å². The monoisotopic (exact) mass is 279 g/mol. The molecule has 1 aromatic rings. The van der Waals surface area contributed by atoms with E-state index >= 15 is 0 Å². The van der Waals surface area contributed by atoms with Crippen LogP contribution in [0.2, 0.25) is 0 Å². The highest BCUT2D eigenvalue weighted by Gasteiger charge is 2.22. The molecule has 0 saturated carbocycles. The van der Waals surface area contributed by atoms with E-state index in [-0.39, 0.29) is 0 Å². The molecule has 1 unspecified atom stereocenters. The van der Waals surface area contributed by atoms with Gasteiger partial charge < -0.3 is 5.32 Å². The maximum Gasteiger partial charge on any atom is 0.00719 e. The molecule has 0 aliphatic heterocycles. The number of nitrogens with one attached hydrogen (secondary N) is 1. The molecular weight excluding hydrogens is 250 g/mol. The maximum atomic E-state index is 3.61. The van der Waals surface area contributed by atoms with Crippen molar-refractivity contribution in [1.82, 2.24) is 5.32 Å². The van der Waals surface area contributed by atoms with E-state index in [1.807, 2.05) is 11.8 Å². The van der Waals surface area contributed by atoms with Crippen LogP contribution in [-0.2, 0) is 0 Å². The maximum absolute atomic E-state index is 3.61. The summed E-state index contributed by atoms with van der Waals surface area (Å²) in [5, 5.41) is 3.61. The van der Waals surface area contributed by atoms with Crippen molar-refractivity contribution in [2.24, 2.45) is 5.41 Å². The summed E-state index contributed by atoms with van der Waals surface area (Å²) < 4.78 is 0. The summed E-state index contributed by atoms with van der Waals surface area (Å²) in [6.45, 7) is 10.3. The van der Waals surface area contributed by atoms with Crippen LogP contribution in [0.5, 0.6) is 0 Å². The van der Waals surface area contributed by atoms with Crippen molar-refractivity contribution in [3.63, 3.8) is 0 Å². The number of thioether (sulfide) groups is 1. The molecule has 0 radical (unpaired) electrons. The lowest BCUT2D eigenvalue weighted by molar-refractivity contribution is 0.261. The van der Waals surface area contributed by atoms with Gasteiger partial charge >= 0.3 is 0 Å². The van der Waals surface area contributed by atoms with Crippen LogP contribution in [0.15, 0.2) is 35.2 Å². The molecule has 0 amide bonds. The van der Waals surface area contributed by atoms with Crippen molar-refractivity contribution in [3.8, 4) is 0 Å². The van der Waals surface area contributed by atoms with Gasteiger partial charge in [-0.05, 0) is 36.1 Å². The zero-order valence-electron chi connectivity index (χ0n) is 12.9. The highest BCUT2D eigenvalue weighted by atomic mass is 32.2. The topological polar surface area (TPSA) is 12.0 Å². The second-order valence-corrected chi connectivity index (χ2v) is 7.18. The largest absolute Gasteiger partial charge is 0.314 e. The van der Waals surface area contributed by atoms with Gasteiger partial charge in [0.1, 0.15) is 0 Å². The Labute approximate surface area is 123 Å². The van der Waals surface area contributed by atoms with Gasteiger partial charge in [-0.2, -0.15) is 0 Å². The summed E-state index contributed by atoms with van der Waals surface area (Å²) in [5.74, 6) is 1.21. The summed E-state index contributed by atoms with van der Waals surface area (Å²) >= 11 is 1.98. The normalized spacial score (nSPS) is 14.6. The first-order valence-corrected chi connectivity index (χ1v) is 8.45. The average Bonchev–Trinajstić information content (AvgIpc) is 2.38. The first-order chi connectivity index (χ1) is 9.06. The van der Waals surface area contributed by atoms with E-state index in [9.17, 15) is 0 Å². The van der Waals surface area contributed by atoms with Gasteiger partial charge in [0.05, 0.1) is 0 Å². The van der Waals surface area contributed by atoms with E-state index in [0.29, 0.717) is 11.5 Å². The lowest BCUT2D eigenvalue weighted by Crippen LogP contribution is -2.36. The highest BCUT2D eigenvalue weighted by molar-refractivity contribution is 7.99. The molecule has 108 valence electrons. The van der Waals surface area contributed by atoms with Crippen LogP contribution in [0.25, 0.3) is 0 Å². The third kappa shape index (κ3) is 7.03. The van der Waals surface area contributed by atoms with Crippen LogP contribution in [-0.4, -0.2) is 18.3 Å². The van der Waals surface area contributed by atoms with Gasteiger partial charge in [-0.15, -0.1) is 11.8 Å². The fourth-order valence-electron chi connectivity index (χ4n) is 2.29. The molecule has 1 N–H and O–H groups in total. The average molecular weight is 279 g/mol. The fraction of sp³-hybridized carbons (Fsp3) is 0.647. The molecule has 0 aromatic heterocycles. The predicted octanol–water partition coefficient (Wildman–Crippen LogP) is 4.97. The molecule has 1 atom stereocenters. The second kappa shape index (κ2) is 8.65. The number of hydrogen-bond donors (Lipinski definition) is 1. The second-order valence-electron chi connectivity index (χ2n) is 6.01. The van der Waals surface area contributed by atoms with Crippen LogP contribution < -0.4 is 5.32 Å². The van der Waals surface area contributed by atoms with Crippen molar-refractivity contribution < 1.29 is 0 Å². The molecule has 1 rings (SSSR count). The Kier molecular flexibility index (Phi) is 7.55. The molecule has 0 spiro atoms. The standard InChI is InChI=1S/C17H29NS/c1-5-11-17(4,14-18-15(2)3)12-13-19-16-9-7-6-8-10-16/h6-10,15,18H,5,11-14H2,1-4H3. The van der Waals surface area contributed by atoms with E-state index in [1.54, 1.807) is 0 Å². The van der Waals surface area contributed by atoms with Crippen LogP contribution >= 0.6 is 11.8 Å². The summed E-state index contributed by atoms with van der Waals surface area (Å²) in [6.07, 6.45) is 3.86. The molecule has 0 aliphatic rings. The molecular formula is C17H29NS. The van der Waals surface area contributed by atoms with Crippen molar-refractivity contribution in [2.45, 2.75) is 57.9 Å². The Morgan fingerprint density at radius 2 is 1.84 bits per heavy atom. The van der Waals surface area contributed by atoms with Crippen LogP contribution in [0.3, 0.4) is 0 Å². The van der Waals surface area contributed by atoms with E-state index in [1.165, 1.54) is 29.9 Å². The zero-order valence-corrected chi connectivity index (χ0v) is 13.7. The Bertz CT molecular complexity index is 336. The van der Waals surface area contributed by atoms with Crippen LogP contribution in [0, 0.1) is 5.41 Å². The summed E-state index contributed by atoms with van der Waals surface area (Å²) in [5.41, 5.74) is 0.431. The van der Waals surface area contributed by atoms with Gasteiger partial charge in [0.2, 0.25) is 0 Å². The van der Waals surface area contributed by atoms with Gasteiger partial charge in [0, 0.05) is 17.5 Å². The summed E-state index contributed by atoms with van der Waals surface area (Å²) in [4.78, 5) is 1.39. The Hall–Kier alpha value is -0.470. The number of hydrogen-bond acceptors (Lipinski definition) is 2. The quantitative estimate of drug-likeness (QED) is 0.640. The van der Waals surface area contributed by atoms with Gasteiger partial charge in [-0.25, -0.2) is 0 Å². The molecule has 0 heterocycles. The molecule has 0 aliphatic carbocycles. The first-order valence-electron chi connectivity index (χ1n) is 7.47. The minimum atomic E-state index is 0.431. The zero-order chi connectivity index (χ0) is 14.1. The SMILES string of the molecule is CCCC(C)(CCSc1ccccc1)CNC(C)C. The number of benzene rings is 1. The smallest absolute Gasteiger partial charge is 0.00719 e. The summed E-state index contributed by atoms with van der Waals surface area (Å²) in [6, 6.07) is 11.3. The van der Waals surface area contributed by atoms with Crippen molar-refractivity contribution in [2.75, 3.05) is 12.3 Å². The lowest BCUT2D eigenvalue weighted by Gasteiger charge is -2.30. The minimum Gasteiger partial charge on any atom is -0.314 e. The van der Waals surface area contributed by atoms with Crippen molar-refractivity contribution in [3.05, 3.63) is 30.3 Å². The van der Waals surface area contributed by atoms with Crippen LogP contribution in [0.4, 0.5) is 0 Å². The Morgan fingerprint density at radius 1 is 1.16 bits per heavy atom. The fourth-order valence-corrected chi connectivity index (χ4v) is 3.47. The molecule has 2 heteroatoms. The molecule has 19 heavy (non-hydrogen) atoms. The minimum absolute atomic E-state index is 0.431. The number of rotatable bonds is 9. The van der Waals surface area contributed by atoms with E-state index < -0.39 is 0 Å². The lowest BCUT2D eigenvalue weighted by atomic mass is 9.82. The molecule has 1 nitrogen and oxygen atoms in total. The predicted molar refractivity (Wildman–Crippen MR) is 87.9 cm³/mol. The Balaban J connectivity index is 2.40. The van der Waals surface area contributed by atoms with Crippen molar-refractivity contribution in [1.29, 1.82) is 0 Å². The molecule has 0 saturated heterocycles. The van der Waals surface area contributed by atoms with Gasteiger partial charge in [-0.1, -0.05) is 52.3 Å². The third-order valence-electron chi connectivity index (χ3n) is 3.51. The highest BCUT2D eigenvalue weighted by Crippen LogP contribution is 2.30. The summed E-state index contributed by atoms with van der Waals surface area (Å²) in [7, 11) is 0. The Morgan fingerprint density at radius 3 is 2.42 bits per heavy atom. The van der Waals surface area contributed by atoms with Gasteiger partial charge in [-0.3, -0.25) is 0 Å². The molecule has 0 fully saturated rings. The molecule has 0 bridgehead atoms. The van der Waals surface area contributed by atoms with Gasteiger partial charge in [0.15, 0.2) is 0 Å². The van der Waals surface area contributed by atoms with E-state index in [0.717, 1.165) is 6.54 Å². The third-order valence-corrected chi connectivity index (χ3v) is 4.52. The van der Waals surface area contributed by atoms with E-state index in [4.69, 9.17) is 0 Å². The van der Waals surface area contributed by atoms with Crippen molar-refractivity contribution >= 4 is 11.8 Å². The van der Waals surface area contributed by atoms with Crippen LogP contribution in [0.1, 0.15) is 47.0 Å².